The molecule has 2 aromatic carbocycles. The Bertz CT molecular complexity index is 1360. The van der Waals surface area contributed by atoms with Gasteiger partial charge in [0.25, 0.3) is 0 Å². The molecule has 1 aliphatic carbocycles. The molecule has 1 saturated heterocycles. The zero-order valence-electron chi connectivity index (χ0n) is 22.2. The van der Waals surface area contributed by atoms with Gasteiger partial charge in [-0.3, -0.25) is 9.32 Å². The fourth-order valence-corrected chi connectivity index (χ4v) is 8.01. The topological polar surface area (TPSA) is 148 Å². The fraction of sp³-hybridized carbons (Fsp3) is 0.444. The van der Waals surface area contributed by atoms with Crippen molar-refractivity contribution in [2.45, 2.75) is 67.9 Å². The lowest BCUT2D eigenvalue weighted by molar-refractivity contribution is -0.150. The van der Waals surface area contributed by atoms with Gasteiger partial charge in [0, 0.05) is 11.8 Å². The number of carbonyl (C=O) groups is 1. The van der Waals surface area contributed by atoms with Crippen LogP contribution in [0.15, 0.2) is 64.8 Å². The molecule has 5 atom stereocenters. The third-order valence-electron chi connectivity index (χ3n) is 7.04. The molecule has 2 fully saturated rings. The van der Waals surface area contributed by atoms with Crippen molar-refractivity contribution in [3.8, 4) is 5.75 Å². The third-order valence-corrected chi connectivity index (χ3v) is 10.2. The molecule has 11 nitrogen and oxygen atoms in total. The average Bonchev–Trinajstić information content (AvgIpc) is 3.57. The molecule has 3 aliphatic rings. The highest BCUT2D eigenvalue weighted by Gasteiger charge is 2.41. The highest BCUT2D eigenvalue weighted by molar-refractivity contribution is 8.00. The van der Waals surface area contributed by atoms with Crippen LogP contribution < -0.4 is 15.3 Å². The van der Waals surface area contributed by atoms with Crippen LogP contribution in [0.25, 0.3) is 10.8 Å². The summed E-state index contributed by atoms with van der Waals surface area (Å²) in [5, 5.41) is 14.6. The number of nitrogens with zero attached hydrogens (tertiary/aromatic N) is 3. The van der Waals surface area contributed by atoms with Crippen LogP contribution >= 0.6 is 19.5 Å². The maximum Gasteiger partial charge on any atom is 0.459 e. The minimum Gasteiger partial charge on any atom is -0.461 e. The number of aliphatic imine (C=N–C) groups is 2. The van der Waals surface area contributed by atoms with E-state index in [2.05, 4.69) is 21.7 Å². The Morgan fingerprint density at radius 2 is 2.02 bits per heavy atom. The molecule has 0 aromatic heterocycles. The maximum atomic E-state index is 14.2. The summed E-state index contributed by atoms with van der Waals surface area (Å²) in [7, 11) is -4.12. The number of esters is 1. The lowest BCUT2D eigenvalue weighted by Gasteiger charge is -2.27. The molecular formula is C27H34N5O6PS. The first-order chi connectivity index (χ1) is 19.2. The summed E-state index contributed by atoms with van der Waals surface area (Å²) in [6.45, 7) is 5.37. The van der Waals surface area contributed by atoms with Gasteiger partial charge < -0.3 is 25.0 Å². The molecule has 0 spiro atoms. The number of hydrogen-bond acceptors (Lipinski definition) is 11. The Labute approximate surface area is 237 Å². The van der Waals surface area contributed by atoms with Crippen molar-refractivity contribution in [3.05, 3.63) is 54.9 Å². The summed E-state index contributed by atoms with van der Waals surface area (Å²) < 4.78 is 31.7. The van der Waals surface area contributed by atoms with Gasteiger partial charge in [0.05, 0.1) is 23.3 Å². The van der Waals surface area contributed by atoms with E-state index in [1.165, 1.54) is 18.1 Å². The smallest absolute Gasteiger partial charge is 0.459 e. The minimum atomic E-state index is -4.12. The Kier molecular flexibility index (Phi) is 8.82. The normalized spacial score (nSPS) is 25.6. The van der Waals surface area contributed by atoms with Gasteiger partial charge in [-0.15, -0.1) is 11.8 Å². The molecule has 1 saturated carbocycles. The average molecular weight is 588 g/mol. The molecular weight excluding hydrogens is 553 g/mol. The monoisotopic (exact) mass is 587 g/mol. The summed E-state index contributed by atoms with van der Waals surface area (Å²) in [6.07, 6.45) is 4.69. The third kappa shape index (κ3) is 6.70. The molecule has 13 heteroatoms. The zero-order chi connectivity index (χ0) is 28.3. The summed E-state index contributed by atoms with van der Waals surface area (Å²) in [5.41, 5.74) is 5.64. The van der Waals surface area contributed by atoms with Crippen molar-refractivity contribution in [2.75, 3.05) is 6.61 Å². The molecule has 2 aromatic rings. The van der Waals surface area contributed by atoms with Gasteiger partial charge in [-0.1, -0.05) is 43.0 Å². The summed E-state index contributed by atoms with van der Waals surface area (Å²) in [6, 6.07) is 12.0. The number of rotatable bonds is 10. The quantitative estimate of drug-likeness (QED) is 0.274. The number of aliphatic hydroxyl groups is 1. The summed E-state index contributed by atoms with van der Waals surface area (Å²) in [4.78, 5) is 22.7. The number of aliphatic hydroxyl groups excluding tert-OH is 1. The zero-order valence-corrected chi connectivity index (χ0v) is 23.9. The first-order valence-electron chi connectivity index (χ1n) is 13.3. The van der Waals surface area contributed by atoms with Crippen molar-refractivity contribution in [3.63, 3.8) is 0 Å². The van der Waals surface area contributed by atoms with E-state index in [9.17, 15) is 14.5 Å². The van der Waals surface area contributed by atoms with Crippen LogP contribution in [0.5, 0.6) is 5.75 Å². The molecule has 2 heterocycles. The van der Waals surface area contributed by atoms with E-state index in [0.29, 0.717) is 18.0 Å². The van der Waals surface area contributed by atoms with E-state index >= 15 is 0 Å². The van der Waals surface area contributed by atoms with Crippen LogP contribution in [0.3, 0.4) is 0 Å². The fourth-order valence-electron chi connectivity index (χ4n) is 4.91. The highest BCUT2D eigenvalue weighted by Crippen LogP contribution is 2.48. The van der Waals surface area contributed by atoms with E-state index < -0.39 is 31.1 Å². The number of thioether (sulfide) groups is 1. The molecule has 0 amide bonds. The van der Waals surface area contributed by atoms with Crippen LogP contribution in [-0.4, -0.2) is 63.8 Å². The summed E-state index contributed by atoms with van der Waals surface area (Å²) in [5.74, 6) is 0.359. The van der Waals surface area contributed by atoms with Gasteiger partial charge in [-0.05, 0) is 44.1 Å². The Morgan fingerprint density at radius 3 is 2.80 bits per heavy atom. The number of fused-ring (bicyclic) bond motifs is 1. The van der Waals surface area contributed by atoms with Crippen molar-refractivity contribution in [2.24, 2.45) is 15.7 Å². The second-order valence-corrected chi connectivity index (χ2v) is 13.1. The van der Waals surface area contributed by atoms with Crippen molar-refractivity contribution < 1.29 is 28.3 Å². The van der Waals surface area contributed by atoms with Crippen LogP contribution in [0.1, 0.15) is 39.0 Å². The Morgan fingerprint density at radius 1 is 1.27 bits per heavy atom. The second-order valence-electron chi connectivity index (χ2n) is 10.0. The van der Waals surface area contributed by atoms with Gasteiger partial charge in [0.15, 0.2) is 0 Å². The number of guanidine groups is 1. The first kappa shape index (κ1) is 28.6. The lowest BCUT2D eigenvalue weighted by atomic mass is 10.1. The number of nitrogens with one attached hydrogen (secondary N) is 1. The molecule has 40 heavy (non-hydrogen) atoms. The number of nitrogens with two attached hydrogens (primary N) is 1. The highest BCUT2D eigenvalue weighted by atomic mass is 32.2. The van der Waals surface area contributed by atoms with E-state index in [1.54, 1.807) is 24.0 Å². The molecule has 2 aliphatic heterocycles. The maximum absolute atomic E-state index is 14.2. The van der Waals surface area contributed by atoms with Crippen LogP contribution in [0, 0.1) is 0 Å². The number of hydrogen-bond donors (Lipinski definition) is 3. The van der Waals surface area contributed by atoms with Crippen LogP contribution in [0.2, 0.25) is 0 Å². The van der Waals surface area contributed by atoms with Crippen molar-refractivity contribution in [1.82, 2.24) is 9.99 Å². The predicted octanol–water partition coefficient (Wildman–Crippen LogP) is 4.13. The van der Waals surface area contributed by atoms with Crippen molar-refractivity contribution >= 4 is 48.5 Å². The van der Waals surface area contributed by atoms with E-state index in [0.717, 1.165) is 36.5 Å². The SMILES string of the molecule is C=C1N=C(N)N=CN1[C@H]1C[C@@H](O)[C@@H](COP(=O)(N[C@@H](C)C(=O)OC2CCCC2)Oc2cccc3ccccc23)S1. The van der Waals surface area contributed by atoms with E-state index in [1.807, 2.05) is 30.3 Å². The first-order valence-corrected chi connectivity index (χ1v) is 15.8. The number of ether oxygens (including phenoxy) is 1. The van der Waals surface area contributed by atoms with Gasteiger partial charge in [0.2, 0.25) is 5.96 Å². The van der Waals surface area contributed by atoms with E-state index in [-0.39, 0.29) is 24.0 Å². The summed E-state index contributed by atoms with van der Waals surface area (Å²) >= 11 is 1.42. The Balaban J connectivity index is 1.31. The van der Waals surface area contributed by atoms with Crippen LogP contribution in [0.4, 0.5) is 0 Å². The molecule has 4 N–H and O–H groups in total. The second kappa shape index (κ2) is 12.3. The molecule has 5 rings (SSSR count). The van der Waals surface area contributed by atoms with Gasteiger partial charge in [-0.2, -0.15) is 10.1 Å². The van der Waals surface area contributed by atoms with Gasteiger partial charge in [0.1, 0.15) is 30.1 Å². The Hall–Kier alpha value is -2.89. The van der Waals surface area contributed by atoms with Gasteiger partial charge in [-0.25, -0.2) is 9.56 Å². The van der Waals surface area contributed by atoms with Gasteiger partial charge >= 0.3 is 13.7 Å². The van der Waals surface area contributed by atoms with Crippen molar-refractivity contribution in [1.29, 1.82) is 0 Å². The standard InChI is InChI=1S/C27H34N5O6PS/c1-17(26(34)37-20-10-4-5-11-20)31-39(35,38-23-13-7-9-19-8-3-6-12-21(19)23)36-15-24-22(33)14-25(40-24)32-16-29-27(28)30-18(32)2/h3,6-9,12-13,16-17,20,22,24-25,33H,2,4-5,10-11,14-15H2,1H3,(H2,28,30)(H,31,35)/t17-,22+,24+,25+,39?/m0/s1. The lowest BCUT2D eigenvalue weighted by Crippen LogP contribution is -2.37. The predicted molar refractivity (Wildman–Crippen MR) is 156 cm³/mol. The number of benzene rings is 2. The van der Waals surface area contributed by atoms with Crippen LogP contribution in [-0.2, 0) is 18.6 Å². The molecule has 1 unspecified atom stereocenters. The minimum absolute atomic E-state index is 0.107. The number of carbonyl (C=O) groups excluding carboxylic acids is 1. The molecule has 0 radical (unpaired) electrons. The largest absolute Gasteiger partial charge is 0.461 e. The molecule has 214 valence electrons. The molecule has 0 bridgehead atoms. The van der Waals surface area contributed by atoms with E-state index in [4.69, 9.17) is 19.5 Å².